The lowest BCUT2D eigenvalue weighted by molar-refractivity contribution is 0.292. The van der Waals surface area contributed by atoms with Gasteiger partial charge in [-0.3, -0.25) is 0 Å². The summed E-state index contributed by atoms with van der Waals surface area (Å²) in [5.74, 6) is 0.880. The molecular weight excluding hydrogens is 228 g/mol. The molecular formula is C14H18N2S. The Morgan fingerprint density at radius 2 is 1.88 bits per heavy atom. The number of fused-ring (bicyclic) bond motifs is 1. The number of nitrogens with zero attached hydrogens (tertiary/aromatic N) is 1. The lowest BCUT2D eigenvalue weighted by atomic mass is 9.87. The molecule has 0 saturated heterocycles. The average Bonchev–Trinajstić information content (AvgIpc) is 2.66. The van der Waals surface area contributed by atoms with Crippen LogP contribution >= 0.6 is 12.2 Å². The Hall–Kier alpha value is -1.09. The average molecular weight is 246 g/mol. The molecule has 0 unspecified atom stereocenters. The first-order valence-electron chi connectivity index (χ1n) is 6.45. The van der Waals surface area contributed by atoms with Gasteiger partial charge in [-0.15, -0.1) is 0 Å². The highest BCUT2D eigenvalue weighted by molar-refractivity contribution is 7.71. The first kappa shape index (κ1) is 11.0. The van der Waals surface area contributed by atoms with E-state index < -0.39 is 0 Å². The lowest BCUT2D eigenvalue weighted by Crippen LogP contribution is -2.16. The zero-order valence-corrected chi connectivity index (χ0v) is 11.0. The smallest absolute Gasteiger partial charge is 0.178 e. The van der Waals surface area contributed by atoms with Crippen molar-refractivity contribution >= 4 is 23.3 Å². The number of aromatic nitrogens is 2. The second-order valence-electron chi connectivity index (χ2n) is 5.23. The molecule has 1 aliphatic carbocycles. The van der Waals surface area contributed by atoms with Crippen molar-refractivity contribution in [1.29, 1.82) is 0 Å². The van der Waals surface area contributed by atoms with Crippen molar-refractivity contribution < 1.29 is 0 Å². The zero-order valence-electron chi connectivity index (χ0n) is 10.1. The number of benzene rings is 1. The van der Waals surface area contributed by atoms with Crippen LogP contribution in [0.25, 0.3) is 11.0 Å². The van der Waals surface area contributed by atoms with Gasteiger partial charge in [0.1, 0.15) is 0 Å². The van der Waals surface area contributed by atoms with Crippen LogP contribution in [0, 0.1) is 10.7 Å². The number of aromatic amines is 1. The van der Waals surface area contributed by atoms with Crippen LogP contribution < -0.4 is 0 Å². The van der Waals surface area contributed by atoms with E-state index in [1.807, 2.05) is 0 Å². The van der Waals surface area contributed by atoms with E-state index in [0.717, 1.165) is 16.2 Å². The monoisotopic (exact) mass is 246 g/mol. The molecule has 1 aromatic heterocycles. The molecule has 0 spiro atoms. The van der Waals surface area contributed by atoms with Crippen molar-refractivity contribution in [2.75, 3.05) is 0 Å². The second-order valence-corrected chi connectivity index (χ2v) is 5.62. The van der Waals surface area contributed by atoms with Gasteiger partial charge in [-0.1, -0.05) is 19.1 Å². The zero-order chi connectivity index (χ0) is 11.8. The Balaban J connectivity index is 2.05. The van der Waals surface area contributed by atoms with E-state index in [1.165, 1.54) is 31.2 Å². The maximum Gasteiger partial charge on any atom is 0.178 e. The topological polar surface area (TPSA) is 20.7 Å². The molecule has 3 rings (SSSR count). The van der Waals surface area contributed by atoms with Gasteiger partial charge >= 0.3 is 0 Å². The number of nitrogens with one attached hydrogen (secondary N) is 1. The third-order valence-electron chi connectivity index (χ3n) is 3.97. The number of imidazole rings is 1. The van der Waals surface area contributed by atoms with Crippen LogP contribution in [0.2, 0.25) is 0 Å². The van der Waals surface area contributed by atoms with E-state index in [-0.39, 0.29) is 0 Å². The van der Waals surface area contributed by atoms with Gasteiger partial charge in [0.05, 0.1) is 11.0 Å². The van der Waals surface area contributed by atoms with E-state index in [9.17, 15) is 0 Å². The summed E-state index contributed by atoms with van der Waals surface area (Å²) in [4.78, 5) is 3.31. The normalized spacial score (nSPS) is 25.2. The number of H-pyrrole nitrogens is 1. The highest BCUT2D eigenvalue weighted by Crippen LogP contribution is 2.34. The molecule has 1 aliphatic rings. The third kappa shape index (κ3) is 1.93. The van der Waals surface area contributed by atoms with Crippen LogP contribution in [-0.4, -0.2) is 9.55 Å². The van der Waals surface area contributed by atoms with Crippen molar-refractivity contribution in [2.45, 2.75) is 38.6 Å². The number of para-hydroxylation sites is 2. The molecule has 1 saturated carbocycles. The van der Waals surface area contributed by atoms with Crippen molar-refractivity contribution in [3.63, 3.8) is 0 Å². The lowest BCUT2D eigenvalue weighted by Gasteiger charge is -2.27. The Bertz CT molecular complexity index is 573. The molecule has 1 N–H and O–H groups in total. The quantitative estimate of drug-likeness (QED) is 0.737. The van der Waals surface area contributed by atoms with Crippen molar-refractivity contribution in [1.82, 2.24) is 9.55 Å². The first-order chi connectivity index (χ1) is 8.25. The summed E-state index contributed by atoms with van der Waals surface area (Å²) in [6, 6.07) is 9.01. The molecule has 1 heterocycles. The molecule has 0 amide bonds. The molecule has 17 heavy (non-hydrogen) atoms. The Morgan fingerprint density at radius 1 is 1.18 bits per heavy atom. The van der Waals surface area contributed by atoms with Gasteiger partial charge in [-0.25, -0.2) is 0 Å². The van der Waals surface area contributed by atoms with E-state index in [4.69, 9.17) is 12.2 Å². The van der Waals surface area contributed by atoms with Crippen molar-refractivity contribution in [2.24, 2.45) is 5.92 Å². The minimum Gasteiger partial charge on any atom is -0.331 e. The number of hydrogen-bond acceptors (Lipinski definition) is 1. The Morgan fingerprint density at radius 3 is 2.65 bits per heavy atom. The fourth-order valence-electron chi connectivity index (χ4n) is 2.94. The van der Waals surface area contributed by atoms with Gasteiger partial charge in [-0.05, 0) is 56.0 Å². The predicted octanol–water partition coefficient (Wildman–Crippen LogP) is 4.45. The van der Waals surface area contributed by atoms with Gasteiger partial charge in [0.2, 0.25) is 0 Å². The van der Waals surface area contributed by atoms with E-state index in [2.05, 4.69) is 40.7 Å². The molecule has 90 valence electrons. The van der Waals surface area contributed by atoms with Crippen LogP contribution in [0.4, 0.5) is 0 Å². The standard InChI is InChI=1S/C14H18N2S/c1-10-6-8-11(9-7-10)16-13-5-3-2-4-12(13)15-14(16)17/h2-5,10-11H,6-9H2,1H3,(H,15,17). The van der Waals surface area contributed by atoms with Crippen LogP contribution in [-0.2, 0) is 0 Å². The molecule has 0 aliphatic heterocycles. The molecule has 0 atom stereocenters. The summed E-state index contributed by atoms with van der Waals surface area (Å²) in [5, 5.41) is 0. The van der Waals surface area contributed by atoms with Gasteiger partial charge in [0.15, 0.2) is 4.77 Å². The van der Waals surface area contributed by atoms with Crippen LogP contribution in [0.1, 0.15) is 38.6 Å². The molecule has 1 fully saturated rings. The van der Waals surface area contributed by atoms with Gasteiger partial charge in [0.25, 0.3) is 0 Å². The fraction of sp³-hybridized carbons (Fsp3) is 0.500. The van der Waals surface area contributed by atoms with Crippen molar-refractivity contribution in [3.05, 3.63) is 29.0 Å². The molecule has 3 heteroatoms. The van der Waals surface area contributed by atoms with Gasteiger partial charge in [-0.2, -0.15) is 0 Å². The maximum atomic E-state index is 5.47. The summed E-state index contributed by atoms with van der Waals surface area (Å²) in [5.41, 5.74) is 2.42. The van der Waals surface area contributed by atoms with Gasteiger partial charge in [0, 0.05) is 6.04 Å². The second kappa shape index (κ2) is 4.30. The van der Waals surface area contributed by atoms with Crippen LogP contribution in [0.3, 0.4) is 0 Å². The fourth-order valence-corrected chi connectivity index (χ4v) is 3.29. The molecule has 2 aromatic rings. The highest BCUT2D eigenvalue weighted by atomic mass is 32.1. The maximum absolute atomic E-state index is 5.47. The SMILES string of the molecule is CC1CCC(n2c(=S)[nH]c3ccccc32)CC1. The predicted molar refractivity (Wildman–Crippen MR) is 73.8 cm³/mol. The summed E-state index contributed by atoms with van der Waals surface area (Å²) < 4.78 is 3.21. The van der Waals surface area contributed by atoms with Crippen LogP contribution in [0.15, 0.2) is 24.3 Å². The van der Waals surface area contributed by atoms with Crippen molar-refractivity contribution in [3.8, 4) is 0 Å². The van der Waals surface area contributed by atoms with Gasteiger partial charge < -0.3 is 9.55 Å². The molecule has 0 radical (unpaired) electrons. The minimum atomic E-state index is 0.592. The Labute approximate surface area is 107 Å². The molecule has 0 bridgehead atoms. The summed E-state index contributed by atoms with van der Waals surface area (Å²) in [7, 11) is 0. The molecule has 1 aromatic carbocycles. The van der Waals surface area contributed by atoms with E-state index in [0.29, 0.717) is 6.04 Å². The molecule has 2 nitrogen and oxygen atoms in total. The first-order valence-corrected chi connectivity index (χ1v) is 6.86. The number of rotatable bonds is 1. The highest BCUT2D eigenvalue weighted by Gasteiger charge is 2.21. The summed E-state index contributed by atoms with van der Waals surface area (Å²) in [6.07, 6.45) is 5.17. The third-order valence-corrected chi connectivity index (χ3v) is 4.27. The Kier molecular flexibility index (Phi) is 2.79. The number of hydrogen-bond donors (Lipinski definition) is 1. The largest absolute Gasteiger partial charge is 0.331 e. The summed E-state index contributed by atoms with van der Waals surface area (Å²) in [6.45, 7) is 2.35. The minimum absolute atomic E-state index is 0.592. The van der Waals surface area contributed by atoms with E-state index >= 15 is 0 Å². The van der Waals surface area contributed by atoms with Crippen LogP contribution in [0.5, 0.6) is 0 Å². The summed E-state index contributed by atoms with van der Waals surface area (Å²) >= 11 is 5.47. The van der Waals surface area contributed by atoms with E-state index in [1.54, 1.807) is 0 Å².